The summed E-state index contributed by atoms with van der Waals surface area (Å²) in [6.07, 6.45) is 2.89. The zero-order valence-electron chi connectivity index (χ0n) is 25.8. The topological polar surface area (TPSA) is 143 Å². The lowest BCUT2D eigenvalue weighted by Crippen LogP contribution is -2.90. The first-order valence-electron chi connectivity index (χ1n) is 15.1. The van der Waals surface area contributed by atoms with Gasteiger partial charge in [0.1, 0.15) is 45.8 Å². The van der Waals surface area contributed by atoms with E-state index in [4.69, 9.17) is 45.1 Å². The minimum Gasteiger partial charge on any atom is -0.507 e. The molecule has 2 spiro atoms. The third-order valence-electron chi connectivity index (χ3n) is 11.3. The van der Waals surface area contributed by atoms with Crippen LogP contribution in [-0.2, 0) is 33.5 Å². The molecule has 3 aliphatic heterocycles. The molecule has 3 saturated carbocycles. The number of benzene rings is 1. The van der Waals surface area contributed by atoms with Crippen molar-refractivity contribution in [2.24, 2.45) is 10.8 Å². The molecular formula is C33H35ClO11. The van der Waals surface area contributed by atoms with Crippen molar-refractivity contribution in [2.45, 2.75) is 93.2 Å². The molecule has 12 heteroatoms. The number of esters is 2. The third kappa shape index (κ3) is 3.02. The number of aliphatic hydroxyl groups excluding tert-OH is 1. The van der Waals surface area contributed by atoms with Gasteiger partial charge in [-0.2, -0.15) is 0 Å². The lowest BCUT2D eigenvalue weighted by Gasteiger charge is -2.71. The molecule has 4 bridgehead atoms. The quantitative estimate of drug-likeness (QED) is 0.163. The Morgan fingerprint density at radius 3 is 2.67 bits per heavy atom. The van der Waals surface area contributed by atoms with Crippen molar-refractivity contribution in [3.05, 3.63) is 58.2 Å². The van der Waals surface area contributed by atoms with Crippen LogP contribution in [0, 0.1) is 17.8 Å². The van der Waals surface area contributed by atoms with Crippen molar-refractivity contribution in [1.82, 2.24) is 0 Å². The highest BCUT2D eigenvalue weighted by molar-refractivity contribution is 6.28. The molecule has 8 aliphatic rings. The Morgan fingerprint density at radius 1 is 1.22 bits per heavy atom. The van der Waals surface area contributed by atoms with Crippen molar-refractivity contribution in [1.29, 1.82) is 0 Å². The van der Waals surface area contributed by atoms with Gasteiger partial charge in [-0.15, -0.1) is 11.6 Å². The molecule has 5 fully saturated rings. The first-order valence-corrected chi connectivity index (χ1v) is 15.4. The number of allylic oxidation sites excluding steroid dienone is 2. The van der Waals surface area contributed by atoms with E-state index in [2.05, 4.69) is 0 Å². The Kier molecular flexibility index (Phi) is 5.70. The van der Waals surface area contributed by atoms with Crippen LogP contribution < -0.4 is 4.74 Å². The Morgan fingerprint density at radius 2 is 1.98 bits per heavy atom. The van der Waals surface area contributed by atoms with E-state index in [1.165, 1.54) is 20.3 Å². The molecule has 0 radical (unpaired) electrons. The van der Waals surface area contributed by atoms with Gasteiger partial charge in [-0.3, -0.25) is 4.79 Å². The van der Waals surface area contributed by atoms with Crippen molar-refractivity contribution < 1.29 is 53.3 Å². The molecule has 1 aromatic carbocycles. The molecule has 0 amide bonds. The first kappa shape index (κ1) is 29.5. The van der Waals surface area contributed by atoms with E-state index in [-0.39, 0.29) is 29.9 Å². The van der Waals surface area contributed by atoms with Crippen molar-refractivity contribution >= 4 is 23.5 Å². The van der Waals surface area contributed by atoms with E-state index < -0.39 is 69.0 Å². The van der Waals surface area contributed by atoms with Gasteiger partial charge in [-0.1, -0.05) is 24.6 Å². The van der Waals surface area contributed by atoms with Gasteiger partial charge in [0.2, 0.25) is 5.60 Å². The fourth-order valence-corrected chi connectivity index (χ4v) is 10.0. The number of ether oxygens (including phenoxy) is 5. The smallest absolute Gasteiger partial charge is 0.349 e. The molecular weight excluding hydrogens is 608 g/mol. The summed E-state index contributed by atoms with van der Waals surface area (Å²) >= 11 is 7.87. The van der Waals surface area contributed by atoms with Crippen LogP contribution in [0.5, 0.6) is 11.5 Å². The van der Waals surface area contributed by atoms with Crippen LogP contribution in [0.1, 0.15) is 56.0 Å². The molecule has 45 heavy (non-hydrogen) atoms. The number of methoxy groups -OCH3 is 2. The van der Waals surface area contributed by atoms with Crippen LogP contribution in [0.3, 0.4) is 0 Å². The van der Waals surface area contributed by atoms with E-state index in [1.54, 1.807) is 19.1 Å². The number of carbonyl (C=O) groups excluding carboxylic acids is 2. The molecule has 9 rings (SSSR count). The van der Waals surface area contributed by atoms with Crippen LogP contribution in [0.2, 0.25) is 0 Å². The number of halogens is 1. The van der Waals surface area contributed by atoms with Gasteiger partial charge >= 0.3 is 17.7 Å². The number of rotatable bonds is 4. The van der Waals surface area contributed by atoms with Crippen LogP contribution in [0.15, 0.2) is 47.1 Å². The highest BCUT2D eigenvalue weighted by atomic mass is 35.5. The number of aryl methyl sites for hydroxylation is 1. The van der Waals surface area contributed by atoms with Crippen LogP contribution in [0.4, 0.5) is 0 Å². The standard InChI is InChI=1S/C33H35ClO11/c1-15(2)7-8-30-24-17(11-20(36)25(30)42-30)18-12-28(4)14-29(27(38)40-6)13-22(39-5)31(28,34)32(18,45-44-24)33(29)41-21-10-16(3)9-19(35)23(21)26(37)43-33/h7,9-12,20,22,24-25,35-36H,8,13-14H2,1-6H3/t20-,22+,24+,25-,28-,29-,30+,31-,32+,33+/m0/s1. The third-order valence-corrected chi connectivity index (χ3v) is 12.2. The number of fused-ring (bicyclic) bond motifs is 6. The monoisotopic (exact) mass is 642 g/mol. The van der Waals surface area contributed by atoms with Gasteiger partial charge in [0.15, 0.2) is 5.41 Å². The normalized spacial score (nSPS) is 46.0. The van der Waals surface area contributed by atoms with Gasteiger partial charge < -0.3 is 33.9 Å². The summed E-state index contributed by atoms with van der Waals surface area (Å²) in [4.78, 5) is 39.6. The number of epoxide rings is 1. The second-order valence-electron chi connectivity index (χ2n) is 14.0. The zero-order valence-corrected chi connectivity index (χ0v) is 26.5. The number of aromatic hydroxyl groups is 1. The summed E-state index contributed by atoms with van der Waals surface area (Å²) in [5.41, 5.74) is -3.23. The maximum Gasteiger partial charge on any atom is 0.349 e. The van der Waals surface area contributed by atoms with Crippen LogP contribution in [0.25, 0.3) is 0 Å². The van der Waals surface area contributed by atoms with E-state index >= 15 is 0 Å². The SMILES string of the molecule is COC(=O)[C@]12C[C@@H](OC)[C@@]3(Cl)[C@@]4(OO[C@@H]5C(=C[C@H](O)[C@@H]6O[C@]56CC=C(C)C)C4=C[C@@]3(C)C1)[C@]21OC(=O)c2c(O)cc(C)cc2O1. The minimum atomic E-state index is -2.29. The number of aliphatic hydroxyl groups is 1. The number of carbonyl (C=O) groups is 2. The molecule has 10 atom stereocenters. The van der Waals surface area contributed by atoms with Crippen LogP contribution in [-0.4, -0.2) is 82.7 Å². The molecule has 2 N–H and O–H groups in total. The number of hydrogen-bond donors (Lipinski definition) is 2. The molecule has 1 aromatic rings. The van der Waals surface area contributed by atoms with Gasteiger partial charge in [0, 0.05) is 18.9 Å². The summed E-state index contributed by atoms with van der Waals surface area (Å²) in [7, 11) is 2.74. The van der Waals surface area contributed by atoms with Crippen molar-refractivity contribution in [3.63, 3.8) is 0 Å². The number of hydrogen-bond acceptors (Lipinski definition) is 11. The van der Waals surface area contributed by atoms with Crippen molar-refractivity contribution in [2.75, 3.05) is 14.2 Å². The largest absolute Gasteiger partial charge is 0.507 e. The summed E-state index contributed by atoms with van der Waals surface area (Å²) in [6, 6.07) is 3.00. The molecule has 2 saturated heterocycles. The molecule has 0 aromatic heterocycles. The number of phenols is 1. The van der Waals surface area contributed by atoms with Gasteiger partial charge in [0.25, 0.3) is 0 Å². The lowest BCUT2D eigenvalue weighted by molar-refractivity contribution is -0.481. The molecule has 11 nitrogen and oxygen atoms in total. The Labute approximate surface area is 264 Å². The predicted molar refractivity (Wildman–Crippen MR) is 155 cm³/mol. The average Bonchev–Trinajstić information content (AvgIpc) is 3.69. The van der Waals surface area contributed by atoms with Gasteiger partial charge in [-0.25, -0.2) is 14.6 Å². The highest BCUT2D eigenvalue weighted by Gasteiger charge is 2.96. The lowest BCUT2D eigenvalue weighted by atomic mass is 9.42. The number of alkyl halides is 1. The molecule has 5 aliphatic carbocycles. The molecule has 3 heterocycles. The predicted octanol–water partition coefficient (Wildman–Crippen LogP) is 3.72. The molecule has 240 valence electrons. The second kappa shape index (κ2) is 8.70. The summed E-state index contributed by atoms with van der Waals surface area (Å²) in [5, 5.41) is 22.1. The van der Waals surface area contributed by atoms with Gasteiger partial charge in [-0.05, 0) is 68.5 Å². The van der Waals surface area contributed by atoms with Crippen LogP contribution >= 0.6 is 11.6 Å². The first-order chi connectivity index (χ1) is 21.2. The number of phenolic OH excluding ortho intramolecular Hbond substituents is 1. The van der Waals surface area contributed by atoms with E-state index in [1.807, 2.05) is 32.9 Å². The van der Waals surface area contributed by atoms with E-state index in [0.717, 1.165) is 5.57 Å². The van der Waals surface area contributed by atoms with E-state index in [9.17, 15) is 19.8 Å². The Bertz CT molecular complexity index is 1680. The van der Waals surface area contributed by atoms with Gasteiger partial charge in [0.05, 0.1) is 13.2 Å². The molecule has 0 unspecified atom stereocenters. The second-order valence-corrected chi connectivity index (χ2v) is 14.6. The average molecular weight is 643 g/mol. The van der Waals surface area contributed by atoms with Crippen molar-refractivity contribution in [3.8, 4) is 11.5 Å². The maximum absolute atomic E-state index is 14.2. The maximum atomic E-state index is 14.2. The Hall–Kier alpha value is -2.93. The van der Waals surface area contributed by atoms with E-state index in [0.29, 0.717) is 23.1 Å². The summed E-state index contributed by atoms with van der Waals surface area (Å²) < 4.78 is 30.7. The minimum absolute atomic E-state index is 0.00913. The summed E-state index contributed by atoms with van der Waals surface area (Å²) in [6.45, 7) is 7.57. The fraction of sp³-hybridized carbons (Fsp3) is 0.576. The highest BCUT2D eigenvalue weighted by Crippen LogP contribution is 2.81. The Balaban J connectivity index is 1.41. The summed E-state index contributed by atoms with van der Waals surface area (Å²) in [5.74, 6) is -4.29. The fourth-order valence-electron chi connectivity index (χ4n) is 9.47. The zero-order chi connectivity index (χ0) is 32.1.